The Balaban J connectivity index is 1.90. The van der Waals surface area contributed by atoms with E-state index in [0.29, 0.717) is 29.3 Å². The fourth-order valence-electron chi connectivity index (χ4n) is 4.80. The van der Waals surface area contributed by atoms with E-state index in [0.717, 1.165) is 24.2 Å². The third-order valence-electron chi connectivity index (χ3n) is 7.66. The summed E-state index contributed by atoms with van der Waals surface area (Å²) < 4.78 is 16.4. The van der Waals surface area contributed by atoms with E-state index in [-0.39, 0.29) is 51.9 Å². The lowest BCUT2D eigenvalue weighted by molar-refractivity contribution is -0.138. The number of nitrogens with two attached hydrogens (primary N) is 1. The van der Waals surface area contributed by atoms with Crippen molar-refractivity contribution >= 4 is 41.3 Å². The number of primary amides is 1. The van der Waals surface area contributed by atoms with Crippen LogP contribution in [-0.2, 0) is 51.4 Å². The zero-order valence-corrected chi connectivity index (χ0v) is 29.2. The number of hydrogen-bond donors (Lipinski definition) is 4. The lowest BCUT2D eigenvalue weighted by Crippen LogP contribution is -2.51. The molecular formula is C35H51N5O9. The van der Waals surface area contributed by atoms with Crippen molar-refractivity contribution in [2.24, 2.45) is 17.6 Å². The van der Waals surface area contributed by atoms with Gasteiger partial charge in [-0.3, -0.25) is 28.9 Å². The number of hydrogen-bond acceptors (Lipinski definition) is 9. The molecule has 14 nitrogen and oxygen atoms in total. The van der Waals surface area contributed by atoms with E-state index < -0.39 is 41.7 Å². The van der Waals surface area contributed by atoms with Crippen LogP contribution >= 0.6 is 0 Å². The number of allylic oxidation sites excluding steroid dienone is 1. The van der Waals surface area contributed by atoms with Crippen molar-refractivity contribution in [3.63, 3.8) is 0 Å². The normalized spacial score (nSPS) is 14.2. The molecule has 14 heteroatoms. The fraction of sp³-hybridized carbons (Fsp3) is 0.543. The number of nitrogens with one attached hydrogen (secondary N) is 3. The predicted molar refractivity (Wildman–Crippen MR) is 183 cm³/mol. The van der Waals surface area contributed by atoms with Crippen LogP contribution in [0.2, 0.25) is 0 Å². The predicted octanol–water partition coefficient (Wildman–Crippen LogP) is 3.10. The highest BCUT2D eigenvalue weighted by atomic mass is 16.5. The number of carbonyl (C=O) groups excluding carboxylic acids is 6. The van der Waals surface area contributed by atoms with Crippen molar-refractivity contribution < 1.29 is 43.0 Å². The summed E-state index contributed by atoms with van der Waals surface area (Å²) >= 11 is 0. The molecule has 2 atom stereocenters. The minimum absolute atomic E-state index is 0.0272. The summed E-state index contributed by atoms with van der Waals surface area (Å²) in [5.74, 6) is -2.11. The summed E-state index contributed by atoms with van der Waals surface area (Å²) in [5, 5.41) is 7.98. The zero-order chi connectivity index (χ0) is 36.3. The molecule has 1 aromatic carbocycles. The van der Waals surface area contributed by atoms with Crippen molar-refractivity contribution in [2.45, 2.75) is 79.6 Å². The molecule has 0 fully saturated rings. The van der Waals surface area contributed by atoms with Gasteiger partial charge in [0, 0.05) is 24.3 Å². The monoisotopic (exact) mass is 685 g/mol. The van der Waals surface area contributed by atoms with Gasteiger partial charge in [0.15, 0.2) is 0 Å². The van der Waals surface area contributed by atoms with Crippen LogP contribution in [-0.4, -0.2) is 79.5 Å². The fourth-order valence-corrected chi connectivity index (χ4v) is 4.80. The Morgan fingerprint density at radius 1 is 0.918 bits per heavy atom. The quantitative estimate of drug-likeness (QED) is 0.0806. The Kier molecular flexibility index (Phi) is 17.8. The van der Waals surface area contributed by atoms with Crippen molar-refractivity contribution in [2.75, 3.05) is 38.2 Å². The molecule has 0 aromatic heterocycles. The van der Waals surface area contributed by atoms with Gasteiger partial charge in [0.25, 0.3) is 11.8 Å². The summed E-state index contributed by atoms with van der Waals surface area (Å²) in [6.07, 6.45) is 6.60. The molecule has 1 aliphatic rings. The van der Waals surface area contributed by atoms with Crippen LogP contribution in [0.5, 0.6) is 0 Å². The Bertz CT molecular complexity index is 1360. The number of amides is 6. The van der Waals surface area contributed by atoms with E-state index in [2.05, 4.69) is 42.8 Å². The topological polar surface area (TPSA) is 195 Å². The number of nitrogens with zero attached hydrogens (tertiary/aromatic N) is 1. The molecular weight excluding hydrogens is 634 g/mol. The minimum atomic E-state index is -0.908. The third kappa shape index (κ3) is 15.0. The molecule has 270 valence electrons. The average Bonchev–Trinajstić information content (AvgIpc) is 3.37. The first-order valence-corrected chi connectivity index (χ1v) is 16.6. The molecule has 0 aliphatic carbocycles. The van der Waals surface area contributed by atoms with Gasteiger partial charge in [-0.15, -0.1) is 0 Å². The van der Waals surface area contributed by atoms with Crippen LogP contribution in [0.3, 0.4) is 0 Å². The molecule has 1 aliphatic heterocycles. The highest BCUT2D eigenvalue weighted by Crippen LogP contribution is 2.20. The van der Waals surface area contributed by atoms with Gasteiger partial charge in [-0.2, -0.15) is 0 Å². The van der Waals surface area contributed by atoms with Crippen LogP contribution in [0.25, 0.3) is 0 Å². The van der Waals surface area contributed by atoms with Gasteiger partial charge in [-0.05, 0) is 47.1 Å². The van der Waals surface area contributed by atoms with E-state index in [1.54, 1.807) is 32.0 Å². The van der Waals surface area contributed by atoms with Gasteiger partial charge in [0.05, 0.1) is 39.5 Å². The van der Waals surface area contributed by atoms with Gasteiger partial charge in [0.1, 0.15) is 12.6 Å². The number of carbonyl (C=O) groups is 6. The zero-order valence-electron chi connectivity index (χ0n) is 29.2. The van der Waals surface area contributed by atoms with Crippen LogP contribution < -0.4 is 21.7 Å². The third-order valence-corrected chi connectivity index (χ3v) is 7.66. The molecule has 5 N–H and O–H groups in total. The highest BCUT2D eigenvalue weighted by Gasteiger charge is 2.25. The maximum Gasteiger partial charge on any atom is 0.404 e. The number of ether oxygens (including phenoxy) is 3. The van der Waals surface area contributed by atoms with Crippen LogP contribution in [0.1, 0.15) is 71.4 Å². The molecule has 1 heterocycles. The number of rotatable bonds is 22. The van der Waals surface area contributed by atoms with E-state index in [4.69, 9.17) is 19.9 Å². The molecule has 0 radical (unpaired) electrons. The Morgan fingerprint density at radius 3 is 2.27 bits per heavy atom. The maximum atomic E-state index is 12.9. The van der Waals surface area contributed by atoms with Crippen molar-refractivity contribution in [1.29, 1.82) is 0 Å². The molecule has 0 bridgehead atoms. The summed E-state index contributed by atoms with van der Waals surface area (Å²) in [6.45, 7) is 10.3. The van der Waals surface area contributed by atoms with Crippen LogP contribution in [0.4, 0.5) is 10.5 Å². The molecule has 0 spiro atoms. The lowest BCUT2D eigenvalue weighted by Gasteiger charge is -2.22. The molecule has 2 unspecified atom stereocenters. The van der Waals surface area contributed by atoms with E-state index >= 15 is 0 Å². The Morgan fingerprint density at radius 2 is 1.63 bits per heavy atom. The summed E-state index contributed by atoms with van der Waals surface area (Å²) in [4.78, 5) is 73.6. The largest absolute Gasteiger partial charge is 0.445 e. The summed E-state index contributed by atoms with van der Waals surface area (Å²) in [6, 6.07) is 4.17. The van der Waals surface area contributed by atoms with Gasteiger partial charge in [-0.1, -0.05) is 59.6 Å². The maximum absolute atomic E-state index is 12.9. The Labute approximate surface area is 288 Å². The number of benzene rings is 1. The highest BCUT2D eigenvalue weighted by molar-refractivity contribution is 6.12. The second-order valence-electron chi connectivity index (χ2n) is 12.1. The SMILES string of the molecule is CCC/C(=C\C(C)CC)COCc1cc(NC(=O)CNC(=O)C(NC(=O)CCOCCN2C(=O)C=CC2=O)C(C)C)ccc1COC(N)=O. The second-order valence-corrected chi connectivity index (χ2v) is 12.1. The first-order chi connectivity index (χ1) is 23.3. The average molecular weight is 686 g/mol. The van der Waals surface area contributed by atoms with E-state index in [9.17, 15) is 28.8 Å². The van der Waals surface area contributed by atoms with Crippen LogP contribution in [0.15, 0.2) is 42.0 Å². The molecule has 49 heavy (non-hydrogen) atoms. The minimum Gasteiger partial charge on any atom is -0.445 e. The van der Waals surface area contributed by atoms with Gasteiger partial charge < -0.3 is 35.9 Å². The molecule has 0 saturated carbocycles. The van der Waals surface area contributed by atoms with Crippen molar-refractivity contribution in [3.05, 3.63) is 53.1 Å². The standard InChI is InChI=1S/C35H51N5O9/c1-6-8-25(17-24(5)7-2)20-48-21-27-18-28(10-9-26(27)22-49-35(36)46)38-30(42)19-37-34(45)33(23(3)4)39-29(41)13-15-47-16-14-40-31(43)11-12-32(40)44/h9-12,17-18,23-24,33H,6-8,13-16,19-22H2,1-5H3,(H2,36,46)(H,37,45)(H,38,42)(H,39,41)/b25-17+. The van der Waals surface area contributed by atoms with Gasteiger partial charge in [0.2, 0.25) is 17.7 Å². The smallest absolute Gasteiger partial charge is 0.404 e. The van der Waals surface area contributed by atoms with Gasteiger partial charge >= 0.3 is 6.09 Å². The van der Waals surface area contributed by atoms with Crippen molar-refractivity contribution in [3.8, 4) is 0 Å². The van der Waals surface area contributed by atoms with Crippen molar-refractivity contribution in [1.82, 2.24) is 15.5 Å². The summed E-state index contributed by atoms with van der Waals surface area (Å²) in [5.41, 5.74) is 8.19. The molecule has 6 amide bonds. The first-order valence-electron chi connectivity index (χ1n) is 16.6. The second kappa shape index (κ2) is 21.4. The number of anilines is 1. The number of imide groups is 1. The van der Waals surface area contributed by atoms with Gasteiger partial charge in [-0.25, -0.2) is 4.79 Å². The summed E-state index contributed by atoms with van der Waals surface area (Å²) in [7, 11) is 0. The van der Waals surface area contributed by atoms with Crippen LogP contribution in [0, 0.1) is 11.8 Å². The Hall–Kier alpha value is -4.56. The molecule has 0 saturated heterocycles. The lowest BCUT2D eigenvalue weighted by atomic mass is 10.0. The molecule has 1 aromatic rings. The van der Waals surface area contributed by atoms with E-state index in [1.807, 2.05) is 0 Å². The first kappa shape index (κ1) is 40.6. The molecule has 2 rings (SSSR count). The van der Waals surface area contributed by atoms with E-state index in [1.165, 1.54) is 17.7 Å².